The van der Waals surface area contributed by atoms with Crippen molar-refractivity contribution in [1.29, 1.82) is 0 Å². The highest BCUT2D eigenvalue weighted by molar-refractivity contribution is 9.10. The maximum Gasteiger partial charge on any atom is 0.0599 e. The predicted octanol–water partition coefficient (Wildman–Crippen LogP) is 5.34. The lowest BCUT2D eigenvalue weighted by atomic mass is 9.90. The van der Waals surface area contributed by atoms with Crippen LogP contribution in [0.15, 0.2) is 34.8 Å². The van der Waals surface area contributed by atoms with E-state index in [9.17, 15) is 0 Å². The van der Waals surface area contributed by atoms with Gasteiger partial charge in [-0.1, -0.05) is 41.4 Å². The van der Waals surface area contributed by atoms with Crippen molar-refractivity contribution >= 4 is 27.5 Å². The third-order valence-electron chi connectivity index (χ3n) is 3.61. The van der Waals surface area contributed by atoms with Crippen LogP contribution < -0.4 is 5.32 Å². The first-order valence-corrected chi connectivity index (χ1v) is 7.81. The summed E-state index contributed by atoms with van der Waals surface area (Å²) in [4.78, 5) is 0. The van der Waals surface area contributed by atoms with Crippen LogP contribution >= 0.6 is 27.5 Å². The Morgan fingerprint density at radius 1 is 1.10 bits per heavy atom. The summed E-state index contributed by atoms with van der Waals surface area (Å²) in [7, 11) is 1.97. The Kier molecular flexibility index (Phi) is 4.90. The molecule has 0 radical (unpaired) electrons. The molecule has 2 aromatic rings. The van der Waals surface area contributed by atoms with Gasteiger partial charge in [-0.15, -0.1) is 0 Å². The molecule has 0 aliphatic heterocycles. The first-order chi connectivity index (χ1) is 9.45. The molecule has 0 aliphatic rings. The van der Waals surface area contributed by atoms with Gasteiger partial charge in [-0.25, -0.2) is 0 Å². The van der Waals surface area contributed by atoms with Crippen LogP contribution in [0.4, 0.5) is 0 Å². The number of hydrogen-bond donors (Lipinski definition) is 1. The first-order valence-electron chi connectivity index (χ1n) is 6.64. The molecule has 2 aromatic carbocycles. The molecule has 20 heavy (non-hydrogen) atoms. The zero-order chi connectivity index (χ0) is 14.9. The van der Waals surface area contributed by atoms with Gasteiger partial charge in [0.05, 0.1) is 11.1 Å². The van der Waals surface area contributed by atoms with Crippen molar-refractivity contribution in [3.05, 3.63) is 67.6 Å². The van der Waals surface area contributed by atoms with Crippen LogP contribution in [0.2, 0.25) is 5.02 Å². The Balaban J connectivity index is 2.62. The van der Waals surface area contributed by atoms with Gasteiger partial charge < -0.3 is 5.32 Å². The lowest BCUT2D eigenvalue weighted by molar-refractivity contribution is 0.682. The van der Waals surface area contributed by atoms with E-state index in [1.165, 1.54) is 22.3 Å². The second-order valence-electron chi connectivity index (χ2n) is 5.18. The van der Waals surface area contributed by atoms with Gasteiger partial charge in [0.2, 0.25) is 0 Å². The average molecular weight is 353 g/mol. The number of rotatable bonds is 3. The molecule has 1 unspecified atom stereocenters. The van der Waals surface area contributed by atoms with Crippen molar-refractivity contribution in [2.75, 3.05) is 7.05 Å². The summed E-state index contributed by atoms with van der Waals surface area (Å²) in [6.45, 7) is 6.45. The molecule has 0 amide bonds. The van der Waals surface area contributed by atoms with Gasteiger partial charge in [-0.05, 0) is 72.1 Å². The summed E-state index contributed by atoms with van der Waals surface area (Å²) in [6, 6.07) is 10.6. The van der Waals surface area contributed by atoms with Crippen LogP contribution in [-0.2, 0) is 0 Å². The number of halogens is 2. The maximum absolute atomic E-state index is 6.47. The lowest BCUT2D eigenvalue weighted by Gasteiger charge is -2.23. The summed E-state index contributed by atoms with van der Waals surface area (Å²) < 4.78 is 0.930. The largest absolute Gasteiger partial charge is 0.309 e. The zero-order valence-electron chi connectivity index (χ0n) is 12.2. The van der Waals surface area contributed by atoms with E-state index in [0.29, 0.717) is 0 Å². The monoisotopic (exact) mass is 351 g/mol. The number of nitrogens with one attached hydrogen (secondary N) is 1. The minimum absolute atomic E-state index is 0.0978. The van der Waals surface area contributed by atoms with E-state index in [1.807, 2.05) is 19.2 Å². The van der Waals surface area contributed by atoms with Crippen molar-refractivity contribution in [1.82, 2.24) is 5.32 Å². The Morgan fingerprint density at radius 3 is 2.25 bits per heavy atom. The molecular formula is C17H19BrClN. The lowest BCUT2D eigenvalue weighted by Crippen LogP contribution is -2.20. The Labute approximate surface area is 134 Å². The Morgan fingerprint density at radius 2 is 1.70 bits per heavy atom. The summed E-state index contributed by atoms with van der Waals surface area (Å²) in [6.07, 6.45) is 0. The fourth-order valence-electron chi connectivity index (χ4n) is 2.85. The number of aryl methyl sites for hydroxylation is 3. The molecule has 2 rings (SSSR count). The van der Waals surface area contributed by atoms with Gasteiger partial charge in [0.25, 0.3) is 0 Å². The fourth-order valence-corrected chi connectivity index (χ4v) is 3.46. The van der Waals surface area contributed by atoms with Gasteiger partial charge in [0.1, 0.15) is 0 Å². The van der Waals surface area contributed by atoms with E-state index < -0.39 is 0 Å². The third-order valence-corrected chi connectivity index (χ3v) is 4.92. The maximum atomic E-state index is 6.47. The van der Waals surface area contributed by atoms with E-state index in [1.54, 1.807) is 0 Å². The molecule has 1 N–H and O–H groups in total. The van der Waals surface area contributed by atoms with Gasteiger partial charge in [-0.3, -0.25) is 0 Å². The van der Waals surface area contributed by atoms with E-state index in [2.05, 4.69) is 60.2 Å². The standard InChI is InChI=1S/C17H19BrClN/c1-10-8-11(2)15(12(3)9-10)17(20-4)13-6-5-7-14(18)16(13)19/h5-9,17,20H,1-4H3. The normalized spacial score (nSPS) is 12.5. The third kappa shape index (κ3) is 2.93. The highest BCUT2D eigenvalue weighted by Crippen LogP contribution is 2.35. The van der Waals surface area contributed by atoms with E-state index in [0.717, 1.165) is 15.1 Å². The minimum atomic E-state index is 0.0978. The van der Waals surface area contributed by atoms with Crippen LogP contribution in [0.3, 0.4) is 0 Å². The molecule has 1 nitrogen and oxygen atoms in total. The molecule has 0 spiro atoms. The van der Waals surface area contributed by atoms with Gasteiger partial charge >= 0.3 is 0 Å². The summed E-state index contributed by atoms with van der Waals surface area (Å²) in [5, 5.41) is 4.17. The molecule has 0 heterocycles. The highest BCUT2D eigenvalue weighted by Gasteiger charge is 2.20. The van der Waals surface area contributed by atoms with E-state index in [-0.39, 0.29) is 6.04 Å². The molecule has 0 saturated heterocycles. The Hall–Kier alpha value is -0.830. The molecule has 1 atom stereocenters. The van der Waals surface area contributed by atoms with Gasteiger partial charge in [0, 0.05) is 4.47 Å². The second-order valence-corrected chi connectivity index (χ2v) is 6.41. The zero-order valence-corrected chi connectivity index (χ0v) is 14.6. The molecule has 0 fully saturated rings. The van der Waals surface area contributed by atoms with Gasteiger partial charge in [-0.2, -0.15) is 0 Å². The summed E-state index contributed by atoms with van der Waals surface area (Å²) >= 11 is 9.97. The summed E-state index contributed by atoms with van der Waals surface area (Å²) in [5.41, 5.74) is 6.27. The molecule has 106 valence electrons. The smallest absolute Gasteiger partial charge is 0.0599 e. The van der Waals surface area contributed by atoms with Crippen LogP contribution in [-0.4, -0.2) is 7.05 Å². The van der Waals surface area contributed by atoms with Crippen LogP contribution in [0.5, 0.6) is 0 Å². The van der Waals surface area contributed by atoms with E-state index >= 15 is 0 Å². The predicted molar refractivity (Wildman–Crippen MR) is 90.7 cm³/mol. The van der Waals surface area contributed by atoms with Crippen LogP contribution in [0, 0.1) is 20.8 Å². The quantitative estimate of drug-likeness (QED) is 0.786. The minimum Gasteiger partial charge on any atom is -0.309 e. The number of hydrogen-bond acceptors (Lipinski definition) is 1. The summed E-state index contributed by atoms with van der Waals surface area (Å²) in [5.74, 6) is 0. The van der Waals surface area contributed by atoms with Crippen molar-refractivity contribution in [2.45, 2.75) is 26.8 Å². The topological polar surface area (TPSA) is 12.0 Å². The van der Waals surface area contributed by atoms with Crippen molar-refractivity contribution < 1.29 is 0 Å². The fraction of sp³-hybridized carbons (Fsp3) is 0.294. The van der Waals surface area contributed by atoms with Crippen LogP contribution in [0.1, 0.15) is 33.9 Å². The molecule has 3 heteroatoms. The average Bonchev–Trinajstić information content (AvgIpc) is 2.37. The molecule has 0 saturated carbocycles. The Bertz CT molecular complexity index is 614. The van der Waals surface area contributed by atoms with Gasteiger partial charge in [0.15, 0.2) is 0 Å². The van der Waals surface area contributed by atoms with Crippen molar-refractivity contribution in [3.63, 3.8) is 0 Å². The molecule has 0 aliphatic carbocycles. The highest BCUT2D eigenvalue weighted by atomic mass is 79.9. The van der Waals surface area contributed by atoms with Crippen LogP contribution in [0.25, 0.3) is 0 Å². The van der Waals surface area contributed by atoms with E-state index in [4.69, 9.17) is 11.6 Å². The SMILES string of the molecule is CNC(c1cccc(Br)c1Cl)c1c(C)cc(C)cc1C. The number of benzene rings is 2. The molecule has 0 aromatic heterocycles. The molecule has 0 bridgehead atoms. The van der Waals surface area contributed by atoms with Crippen molar-refractivity contribution in [2.24, 2.45) is 0 Å². The van der Waals surface area contributed by atoms with Crippen molar-refractivity contribution in [3.8, 4) is 0 Å². The first kappa shape index (κ1) is 15.6. The second kappa shape index (κ2) is 6.30. The molecular weight excluding hydrogens is 334 g/mol.